The Morgan fingerprint density at radius 2 is 1.71 bits per heavy atom. The van der Waals surface area contributed by atoms with Gasteiger partial charge < -0.3 is 24.8 Å². The van der Waals surface area contributed by atoms with E-state index in [9.17, 15) is 23.4 Å². The Kier molecular flexibility index (Phi) is 6.70. The molecule has 1 saturated heterocycles. The normalized spacial score (nSPS) is 17.3. The molecule has 184 valence electrons. The van der Waals surface area contributed by atoms with Crippen molar-refractivity contribution >= 4 is 12.4 Å². The highest BCUT2D eigenvalue weighted by atomic mass is 35.5. The molecule has 34 heavy (non-hydrogen) atoms. The topological polar surface area (TPSA) is 114 Å². The van der Waals surface area contributed by atoms with Crippen molar-refractivity contribution in [1.82, 2.24) is 20.4 Å². The summed E-state index contributed by atoms with van der Waals surface area (Å²) in [6, 6.07) is 6.77. The molecule has 1 aliphatic heterocycles. The molecule has 4 rings (SSSR count). The van der Waals surface area contributed by atoms with Gasteiger partial charge in [-0.1, -0.05) is 24.2 Å². The number of alkyl halides is 3. The lowest BCUT2D eigenvalue weighted by Gasteiger charge is -2.52. The van der Waals surface area contributed by atoms with E-state index in [1.807, 2.05) is 6.92 Å². The van der Waals surface area contributed by atoms with E-state index in [4.69, 9.17) is 4.52 Å². The fourth-order valence-electron chi connectivity index (χ4n) is 3.87. The van der Waals surface area contributed by atoms with Crippen molar-refractivity contribution in [3.05, 3.63) is 59.7 Å². The number of halogens is 4. The first-order chi connectivity index (χ1) is 15.3. The summed E-state index contributed by atoms with van der Waals surface area (Å²) in [5, 5.41) is 29.1. The van der Waals surface area contributed by atoms with Crippen molar-refractivity contribution in [2.45, 2.75) is 38.3 Å². The predicted octanol–water partition coefficient (Wildman–Crippen LogP) is 3.52. The van der Waals surface area contributed by atoms with Gasteiger partial charge in [-0.2, -0.15) is 4.98 Å². The Morgan fingerprint density at radius 3 is 2.21 bits per heavy atom. The molecule has 3 heterocycles. The molecule has 0 aliphatic carbocycles. The minimum absolute atomic E-state index is 0. The third kappa shape index (κ3) is 4.74. The summed E-state index contributed by atoms with van der Waals surface area (Å²) >= 11 is 0. The van der Waals surface area contributed by atoms with Crippen molar-refractivity contribution in [3.63, 3.8) is 0 Å². The minimum atomic E-state index is -4.81. The van der Waals surface area contributed by atoms with Crippen LogP contribution in [-0.4, -0.2) is 44.8 Å². The molecular formula is C22H24ClF3N4O4. The van der Waals surface area contributed by atoms with Gasteiger partial charge in [0.05, 0.1) is 0 Å². The van der Waals surface area contributed by atoms with E-state index in [1.54, 1.807) is 6.07 Å². The maximum absolute atomic E-state index is 12.6. The summed E-state index contributed by atoms with van der Waals surface area (Å²) in [6.45, 7) is 5.83. The SMILES string of the molecule is CC(C)(O)c1nc(-c2cncc([C@@](O)(c3ccc(OC(F)(F)F)cc3)C3(C)CNC3)c2)no1.Cl. The molecule has 2 aromatic heterocycles. The smallest absolute Gasteiger partial charge is 0.406 e. The molecule has 0 unspecified atom stereocenters. The second kappa shape index (κ2) is 8.81. The van der Waals surface area contributed by atoms with Crippen LogP contribution in [0.3, 0.4) is 0 Å². The molecular weight excluding hydrogens is 477 g/mol. The zero-order chi connectivity index (χ0) is 24.1. The van der Waals surface area contributed by atoms with Crippen molar-refractivity contribution < 1.29 is 32.6 Å². The molecule has 1 atom stereocenters. The molecule has 12 heteroatoms. The molecule has 1 aromatic carbocycles. The second-order valence-electron chi connectivity index (χ2n) is 8.89. The summed E-state index contributed by atoms with van der Waals surface area (Å²) in [5.41, 5.74) is -2.37. The summed E-state index contributed by atoms with van der Waals surface area (Å²) < 4.78 is 46.7. The van der Waals surface area contributed by atoms with Crippen LogP contribution in [-0.2, 0) is 11.2 Å². The van der Waals surface area contributed by atoms with Crippen LogP contribution in [0.15, 0.2) is 47.2 Å². The average molecular weight is 501 g/mol. The quantitative estimate of drug-likeness (QED) is 0.471. The van der Waals surface area contributed by atoms with Crippen LogP contribution in [0.2, 0.25) is 0 Å². The van der Waals surface area contributed by atoms with E-state index in [0.29, 0.717) is 29.8 Å². The maximum atomic E-state index is 12.6. The Morgan fingerprint density at radius 1 is 1.06 bits per heavy atom. The monoisotopic (exact) mass is 500 g/mol. The third-order valence-electron chi connectivity index (χ3n) is 5.77. The molecule has 0 amide bonds. The first kappa shape index (κ1) is 25.9. The van der Waals surface area contributed by atoms with Gasteiger partial charge in [0.2, 0.25) is 5.82 Å². The number of aliphatic hydroxyl groups is 2. The highest BCUT2D eigenvalue weighted by Gasteiger charge is 2.53. The Hall–Kier alpha value is -2.73. The van der Waals surface area contributed by atoms with Crippen LogP contribution in [0.5, 0.6) is 5.75 Å². The molecule has 0 bridgehead atoms. The van der Waals surface area contributed by atoms with Gasteiger partial charge in [0.25, 0.3) is 5.89 Å². The average Bonchev–Trinajstić information content (AvgIpc) is 3.22. The van der Waals surface area contributed by atoms with Crippen LogP contribution in [0.25, 0.3) is 11.4 Å². The van der Waals surface area contributed by atoms with Gasteiger partial charge >= 0.3 is 6.36 Å². The summed E-state index contributed by atoms with van der Waals surface area (Å²) in [6.07, 6.45) is -1.83. The number of aromatic nitrogens is 3. The Balaban J connectivity index is 0.00000324. The van der Waals surface area contributed by atoms with Crippen LogP contribution in [0, 0.1) is 5.41 Å². The van der Waals surface area contributed by atoms with E-state index < -0.39 is 23.0 Å². The number of benzene rings is 1. The van der Waals surface area contributed by atoms with Gasteiger partial charge in [-0.3, -0.25) is 4.98 Å². The highest BCUT2D eigenvalue weighted by Crippen LogP contribution is 2.48. The number of rotatable bonds is 6. The van der Waals surface area contributed by atoms with Crippen molar-refractivity contribution in [2.24, 2.45) is 5.41 Å². The number of hydrogen-bond acceptors (Lipinski definition) is 8. The Labute approximate surface area is 199 Å². The van der Waals surface area contributed by atoms with E-state index in [0.717, 1.165) is 12.1 Å². The number of ether oxygens (including phenoxy) is 1. The molecule has 1 aliphatic rings. The van der Waals surface area contributed by atoms with E-state index >= 15 is 0 Å². The molecule has 0 saturated carbocycles. The van der Waals surface area contributed by atoms with Gasteiger partial charge in [-0.05, 0) is 37.6 Å². The van der Waals surface area contributed by atoms with Crippen molar-refractivity contribution in [1.29, 1.82) is 0 Å². The highest BCUT2D eigenvalue weighted by molar-refractivity contribution is 5.85. The fraction of sp³-hybridized carbons (Fsp3) is 0.409. The fourth-order valence-corrected chi connectivity index (χ4v) is 3.87. The lowest BCUT2D eigenvalue weighted by atomic mass is 9.63. The van der Waals surface area contributed by atoms with E-state index in [1.165, 1.54) is 38.4 Å². The molecule has 3 aromatic rings. The van der Waals surface area contributed by atoms with Gasteiger partial charge in [-0.25, -0.2) is 0 Å². The van der Waals surface area contributed by atoms with Gasteiger partial charge in [-0.15, -0.1) is 25.6 Å². The predicted molar refractivity (Wildman–Crippen MR) is 117 cm³/mol. The first-order valence-electron chi connectivity index (χ1n) is 10.1. The van der Waals surface area contributed by atoms with Crippen LogP contribution in [0.4, 0.5) is 13.2 Å². The maximum Gasteiger partial charge on any atom is 0.573 e. The second-order valence-corrected chi connectivity index (χ2v) is 8.89. The first-order valence-corrected chi connectivity index (χ1v) is 10.1. The van der Waals surface area contributed by atoms with Gasteiger partial charge in [0, 0.05) is 42.0 Å². The van der Waals surface area contributed by atoms with Crippen LogP contribution in [0.1, 0.15) is 37.8 Å². The molecule has 0 spiro atoms. The number of pyridine rings is 1. The largest absolute Gasteiger partial charge is 0.573 e. The standard InChI is InChI=1S/C22H23F3N4O4.ClH/c1-19(2,30)18-28-17(29-33-18)13-8-15(10-26-9-13)21(31,20(3)11-27-12-20)14-4-6-16(7-5-14)32-22(23,24)25;/h4-10,27,30-31H,11-12H2,1-3H3;1H/t21-;/m0./s1. The van der Waals surface area contributed by atoms with Crippen LogP contribution >= 0.6 is 12.4 Å². The van der Waals surface area contributed by atoms with Gasteiger partial charge in [0.1, 0.15) is 17.0 Å². The minimum Gasteiger partial charge on any atom is -0.406 e. The number of nitrogens with one attached hydrogen (secondary N) is 1. The molecule has 8 nitrogen and oxygen atoms in total. The number of hydrogen-bond donors (Lipinski definition) is 3. The Bertz CT molecular complexity index is 1140. The molecule has 3 N–H and O–H groups in total. The lowest BCUT2D eigenvalue weighted by molar-refractivity contribution is -0.274. The van der Waals surface area contributed by atoms with E-state index in [-0.39, 0.29) is 29.9 Å². The third-order valence-corrected chi connectivity index (χ3v) is 5.77. The number of nitrogens with zero attached hydrogens (tertiary/aromatic N) is 3. The van der Waals surface area contributed by atoms with E-state index in [2.05, 4.69) is 25.2 Å². The summed E-state index contributed by atoms with van der Waals surface area (Å²) in [7, 11) is 0. The van der Waals surface area contributed by atoms with Crippen molar-refractivity contribution in [2.75, 3.05) is 13.1 Å². The summed E-state index contributed by atoms with van der Waals surface area (Å²) in [5.74, 6) is -0.188. The zero-order valence-corrected chi connectivity index (χ0v) is 19.4. The lowest BCUT2D eigenvalue weighted by Crippen LogP contribution is -2.63. The molecule has 1 fully saturated rings. The molecule has 0 radical (unpaired) electrons. The summed E-state index contributed by atoms with van der Waals surface area (Å²) in [4.78, 5) is 8.43. The van der Waals surface area contributed by atoms with Crippen molar-refractivity contribution in [3.8, 4) is 17.1 Å². The van der Waals surface area contributed by atoms with Crippen LogP contribution < -0.4 is 10.1 Å². The van der Waals surface area contributed by atoms with Gasteiger partial charge in [0.15, 0.2) is 0 Å². The zero-order valence-electron chi connectivity index (χ0n) is 18.6.